The van der Waals surface area contributed by atoms with Gasteiger partial charge in [0.15, 0.2) is 0 Å². The van der Waals surface area contributed by atoms with E-state index in [1.807, 2.05) is 0 Å². The van der Waals surface area contributed by atoms with E-state index in [1.54, 1.807) is 12.1 Å². The van der Waals surface area contributed by atoms with Crippen molar-refractivity contribution in [2.24, 2.45) is 5.92 Å². The Balaban J connectivity index is 2.41. The van der Waals surface area contributed by atoms with Gasteiger partial charge < -0.3 is 10.6 Å². The third-order valence-corrected chi connectivity index (χ3v) is 3.61. The van der Waals surface area contributed by atoms with E-state index in [2.05, 4.69) is 24.5 Å². The van der Waals surface area contributed by atoms with Crippen molar-refractivity contribution in [3.63, 3.8) is 0 Å². The number of nitrogens with one attached hydrogen (secondary N) is 2. The fourth-order valence-corrected chi connectivity index (χ4v) is 2.15. The summed E-state index contributed by atoms with van der Waals surface area (Å²) in [7, 11) is 0. The number of hydrogen-bond acceptors (Lipinski definition) is 2. The Bertz CT molecular complexity index is 460. The zero-order valence-electron chi connectivity index (χ0n) is 9.68. The van der Waals surface area contributed by atoms with E-state index in [1.165, 1.54) is 0 Å². The minimum Gasteiger partial charge on any atom is -0.380 e. The van der Waals surface area contributed by atoms with E-state index >= 15 is 0 Å². The Labute approximate surface area is 110 Å². The second kappa shape index (κ2) is 4.75. The predicted octanol–water partition coefficient (Wildman–Crippen LogP) is 3.77. The molecule has 1 aromatic carbocycles. The van der Waals surface area contributed by atoms with Gasteiger partial charge in [-0.25, -0.2) is 0 Å². The highest BCUT2D eigenvalue weighted by molar-refractivity contribution is 6.42. The average molecular weight is 273 g/mol. The Hall–Kier alpha value is -0.930. The molecule has 1 heterocycles. The lowest BCUT2D eigenvalue weighted by Gasteiger charge is -2.20. The first-order chi connectivity index (χ1) is 7.97. The van der Waals surface area contributed by atoms with Gasteiger partial charge in [0.2, 0.25) is 5.91 Å². The third-order valence-electron chi connectivity index (χ3n) is 2.89. The van der Waals surface area contributed by atoms with Crippen molar-refractivity contribution in [1.29, 1.82) is 0 Å². The van der Waals surface area contributed by atoms with E-state index in [9.17, 15) is 4.79 Å². The molecule has 1 unspecified atom stereocenters. The number of carbonyl (C=O) groups excluding carboxylic acids is 1. The molecular formula is C12H14Cl2N2O. The van der Waals surface area contributed by atoms with Crippen LogP contribution >= 0.6 is 23.2 Å². The van der Waals surface area contributed by atoms with Crippen molar-refractivity contribution in [3.05, 3.63) is 22.2 Å². The Kier molecular flexibility index (Phi) is 3.50. The van der Waals surface area contributed by atoms with Gasteiger partial charge in [-0.3, -0.25) is 4.79 Å². The molecule has 92 valence electrons. The fraction of sp³-hybridized carbons (Fsp3) is 0.417. The Morgan fingerprint density at radius 2 is 1.82 bits per heavy atom. The van der Waals surface area contributed by atoms with Gasteiger partial charge in [-0.05, 0) is 18.1 Å². The molecule has 0 saturated carbocycles. The molecule has 1 aliphatic heterocycles. The molecule has 2 N–H and O–H groups in total. The van der Waals surface area contributed by atoms with E-state index in [4.69, 9.17) is 23.2 Å². The smallest absolute Gasteiger partial charge is 0.226 e. The molecule has 0 spiro atoms. The van der Waals surface area contributed by atoms with Crippen LogP contribution < -0.4 is 10.6 Å². The van der Waals surface area contributed by atoms with Crippen LogP contribution in [0.2, 0.25) is 10.0 Å². The molecule has 3 nitrogen and oxygen atoms in total. The number of benzene rings is 1. The van der Waals surface area contributed by atoms with Gasteiger partial charge in [-0.15, -0.1) is 0 Å². The van der Waals surface area contributed by atoms with Crippen molar-refractivity contribution in [1.82, 2.24) is 0 Å². The van der Waals surface area contributed by atoms with Crippen LogP contribution in [-0.4, -0.2) is 11.9 Å². The monoisotopic (exact) mass is 272 g/mol. The van der Waals surface area contributed by atoms with E-state index in [0.717, 1.165) is 5.69 Å². The molecular weight excluding hydrogens is 259 g/mol. The van der Waals surface area contributed by atoms with Crippen LogP contribution in [0.1, 0.15) is 20.3 Å². The van der Waals surface area contributed by atoms with Gasteiger partial charge >= 0.3 is 0 Å². The summed E-state index contributed by atoms with van der Waals surface area (Å²) >= 11 is 11.9. The third kappa shape index (κ3) is 2.67. The molecule has 0 aromatic heterocycles. The van der Waals surface area contributed by atoms with E-state index < -0.39 is 0 Å². The van der Waals surface area contributed by atoms with E-state index in [0.29, 0.717) is 28.1 Å². The van der Waals surface area contributed by atoms with E-state index in [-0.39, 0.29) is 11.9 Å². The summed E-state index contributed by atoms with van der Waals surface area (Å²) in [4.78, 5) is 11.7. The van der Waals surface area contributed by atoms with Crippen molar-refractivity contribution < 1.29 is 4.79 Å². The molecule has 0 aliphatic carbocycles. The highest BCUT2D eigenvalue weighted by Crippen LogP contribution is 2.35. The lowest BCUT2D eigenvalue weighted by Crippen LogP contribution is -2.27. The van der Waals surface area contributed by atoms with Crippen LogP contribution in [0.4, 0.5) is 11.4 Å². The molecule has 5 heteroatoms. The topological polar surface area (TPSA) is 41.1 Å². The summed E-state index contributed by atoms with van der Waals surface area (Å²) in [5.74, 6) is 0.356. The van der Waals surface area contributed by atoms with Gasteiger partial charge in [0.25, 0.3) is 0 Å². The summed E-state index contributed by atoms with van der Waals surface area (Å²) < 4.78 is 0. The summed E-state index contributed by atoms with van der Waals surface area (Å²) in [6, 6.07) is 3.53. The molecule has 1 aliphatic rings. The number of amides is 1. The SMILES string of the molecule is CC(C)C1CC(=O)Nc2cc(Cl)c(Cl)cc2N1. The number of rotatable bonds is 1. The highest BCUT2D eigenvalue weighted by atomic mass is 35.5. The predicted molar refractivity (Wildman–Crippen MR) is 72.0 cm³/mol. The Morgan fingerprint density at radius 1 is 1.24 bits per heavy atom. The van der Waals surface area contributed by atoms with Crippen molar-refractivity contribution >= 4 is 40.5 Å². The summed E-state index contributed by atoms with van der Waals surface area (Å²) in [6.07, 6.45) is 0.446. The van der Waals surface area contributed by atoms with Crippen LogP contribution in [0.3, 0.4) is 0 Å². The molecule has 2 rings (SSSR count). The number of halogens is 2. The normalized spacial score (nSPS) is 19.4. The number of anilines is 2. The van der Waals surface area contributed by atoms with Crippen LogP contribution in [0.5, 0.6) is 0 Å². The van der Waals surface area contributed by atoms with Crippen molar-refractivity contribution in [2.45, 2.75) is 26.3 Å². The van der Waals surface area contributed by atoms with Crippen molar-refractivity contribution in [2.75, 3.05) is 10.6 Å². The molecule has 17 heavy (non-hydrogen) atoms. The average Bonchev–Trinajstić information content (AvgIpc) is 2.38. The van der Waals surface area contributed by atoms with Crippen LogP contribution in [-0.2, 0) is 4.79 Å². The maximum absolute atomic E-state index is 11.7. The lowest BCUT2D eigenvalue weighted by molar-refractivity contribution is -0.116. The second-order valence-corrected chi connectivity index (χ2v) is 5.37. The maximum Gasteiger partial charge on any atom is 0.226 e. The minimum atomic E-state index is -0.00617. The first kappa shape index (κ1) is 12.5. The second-order valence-electron chi connectivity index (χ2n) is 4.56. The number of carbonyl (C=O) groups is 1. The molecule has 1 atom stereocenters. The first-order valence-electron chi connectivity index (χ1n) is 5.53. The number of fused-ring (bicyclic) bond motifs is 1. The maximum atomic E-state index is 11.7. The molecule has 0 bridgehead atoms. The molecule has 0 saturated heterocycles. The van der Waals surface area contributed by atoms with Crippen LogP contribution in [0.25, 0.3) is 0 Å². The molecule has 1 aromatic rings. The highest BCUT2D eigenvalue weighted by Gasteiger charge is 2.23. The largest absolute Gasteiger partial charge is 0.380 e. The molecule has 0 radical (unpaired) electrons. The van der Waals surface area contributed by atoms with Gasteiger partial charge in [0.05, 0.1) is 21.4 Å². The van der Waals surface area contributed by atoms with Gasteiger partial charge in [-0.2, -0.15) is 0 Å². The number of hydrogen-bond donors (Lipinski definition) is 2. The summed E-state index contributed by atoms with van der Waals surface area (Å²) in [5, 5.41) is 7.08. The fourth-order valence-electron chi connectivity index (χ4n) is 1.82. The quantitative estimate of drug-likeness (QED) is 0.817. The lowest BCUT2D eigenvalue weighted by atomic mass is 10.0. The van der Waals surface area contributed by atoms with Crippen LogP contribution in [0.15, 0.2) is 12.1 Å². The van der Waals surface area contributed by atoms with Gasteiger partial charge in [-0.1, -0.05) is 37.0 Å². The summed E-state index contributed by atoms with van der Waals surface area (Å²) in [5.41, 5.74) is 1.51. The minimum absolute atomic E-state index is 0.00617. The molecule has 0 fully saturated rings. The van der Waals surface area contributed by atoms with Gasteiger partial charge in [0.1, 0.15) is 0 Å². The van der Waals surface area contributed by atoms with Gasteiger partial charge in [0, 0.05) is 12.5 Å². The standard InChI is InChI=1S/C12H14Cl2N2O/c1-6(2)9-5-12(17)16-11-4-8(14)7(13)3-10(11)15-9/h3-4,6,9,15H,5H2,1-2H3,(H,16,17). The zero-order chi connectivity index (χ0) is 12.6. The van der Waals surface area contributed by atoms with Crippen LogP contribution in [0, 0.1) is 5.92 Å². The first-order valence-corrected chi connectivity index (χ1v) is 6.28. The summed E-state index contributed by atoms with van der Waals surface area (Å²) in [6.45, 7) is 4.15. The zero-order valence-corrected chi connectivity index (χ0v) is 11.2. The molecule has 1 amide bonds. The Morgan fingerprint density at radius 3 is 2.41 bits per heavy atom. The van der Waals surface area contributed by atoms with Crippen molar-refractivity contribution in [3.8, 4) is 0 Å².